The van der Waals surface area contributed by atoms with Gasteiger partial charge in [-0.25, -0.2) is 4.79 Å². The van der Waals surface area contributed by atoms with E-state index in [1.165, 1.54) is 0 Å². The number of pyridine rings is 1. The molecule has 0 spiro atoms. The molecular formula is C25H27N3O3. The third-order valence-electron chi connectivity index (χ3n) is 4.52. The molecule has 31 heavy (non-hydrogen) atoms. The summed E-state index contributed by atoms with van der Waals surface area (Å²) in [6, 6.07) is 20.3. The lowest BCUT2D eigenvalue weighted by atomic mass is 10.0. The Kier molecular flexibility index (Phi) is 7.03. The standard InChI is InChI=1S/C25H27N3O3/c1-25(2,3)31-24(30)27-17-22(20-7-5-4-6-8-20)28-23(29)21-11-9-18(10-12-21)19-13-15-26-16-14-19/h4-16,22H,17H2,1-3H3,(H,27,30)(H,28,29). The molecule has 1 unspecified atom stereocenters. The summed E-state index contributed by atoms with van der Waals surface area (Å²) in [6.45, 7) is 5.62. The van der Waals surface area contributed by atoms with E-state index in [1.807, 2.05) is 54.6 Å². The van der Waals surface area contributed by atoms with Gasteiger partial charge in [-0.2, -0.15) is 0 Å². The Morgan fingerprint density at radius 3 is 2.13 bits per heavy atom. The number of amides is 2. The Balaban J connectivity index is 1.70. The van der Waals surface area contributed by atoms with Crippen LogP contribution < -0.4 is 10.6 Å². The highest BCUT2D eigenvalue weighted by atomic mass is 16.6. The van der Waals surface area contributed by atoms with Crippen LogP contribution in [0, 0.1) is 0 Å². The van der Waals surface area contributed by atoms with Crippen molar-refractivity contribution in [3.8, 4) is 11.1 Å². The number of carbonyl (C=O) groups excluding carboxylic acids is 2. The molecule has 0 fully saturated rings. The molecule has 2 aromatic carbocycles. The topological polar surface area (TPSA) is 80.3 Å². The fourth-order valence-electron chi connectivity index (χ4n) is 3.04. The number of hydrogen-bond acceptors (Lipinski definition) is 4. The van der Waals surface area contributed by atoms with Crippen molar-refractivity contribution in [3.63, 3.8) is 0 Å². The van der Waals surface area contributed by atoms with Crippen LogP contribution in [0.5, 0.6) is 0 Å². The Morgan fingerprint density at radius 2 is 1.52 bits per heavy atom. The van der Waals surface area contributed by atoms with E-state index >= 15 is 0 Å². The zero-order valence-electron chi connectivity index (χ0n) is 18.0. The largest absolute Gasteiger partial charge is 0.444 e. The van der Waals surface area contributed by atoms with Gasteiger partial charge >= 0.3 is 6.09 Å². The fourth-order valence-corrected chi connectivity index (χ4v) is 3.04. The summed E-state index contributed by atoms with van der Waals surface area (Å²) in [6.07, 6.45) is 2.94. The second-order valence-electron chi connectivity index (χ2n) is 8.13. The van der Waals surface area contributed by atoms with Gasteiger partial charge in [0.15, 0.2) is 0 Å². The van der Waals surface area contributed by atoms with Gasteiger partial charge < -0.3 is 15.4 Å². The molecule has 3 rings (SSSR count). The molecule has 0 radical (unpaired) electrons. The average Bonchev–Trinajstić information content (AvgIpc) is 2.76. The molecule has 1 heterocycles. The summed E-state index contributed by atoms with van der Waals surface area (Å²) >= 11 is 0. The summed E-state index contributed by atoms with van der Waals surface area (Å²) in [7, 11) is 0. The minimum absolute atomic E-state index is 0.208. The van der Waals surface area contributed by atoms with Gasteiger partial charge in [0.25, 0.3) is 5.91 Å². The number of nitrogens with one attached hydrogen (secondary N) is 2. The molecule has 0 saturated carbocycles. The fraction of sp³-hybridized carbons (Fsp3) is 0.240. The van der Waals surface area contributed by atoms with Crippen LogP contribution >= 0.6 is 0 Å². The van der Waals surface area contributed by atoms with Gasteiger partial charge in [0.05, 0.1) is 6.04 Å². The highest BCUT2D eigenvalue weighted by molar-refractivity contribution is 5.95. The van der Waals surface area contributed by atoms with E-state index in [-0.39, 0.29) is 12.5 Å². The molecule has 0 aliphatic heterocycles. The van der Waals surface area contributed by atoms with Crippen molar-refractivity contribution in [3.05, 3.63) is 90.3 Å². The maximum atomic E-state index is 12.9. The van der Waals surface area contributed by atoms with Crippen molar-refractivity contribution in [1.29, 1.82) is 0 Å². The summed E-state index contributed by atoms with van der Waals surface area (Å²) in [4.78, 5) is 29.0. The summed E-state index contributed by atoms with van der Waals surface area (Å²) in [5.41, 5.74) is 2.87. The monoisotopic (exact) mass is 417 g/mol. The van der Waals surface area contributed by atoms with E-state index in [9.17, 15) is 9.59 Å². The van der Waals surface area contributed by atoms with Gasteiger partial charge in [-0.15, -0.1) is 0 Å². The minimum Gasteiger partial charge on any atom is -0.444 e. The number of carbonyl (C=O) groups is 2. The van der Waals surface area contributed by atoms with Crippen LogP contribution in [0.15, 0.2) is 79.1 Å². The highest BCUT2D eigenvalue weighted by Crippen LogP contribution is 2.19. The number of ether oxygens (including phenoxy) is 1. The van der Waals surface area contributed by atoms with Crippen LogP contribution in [0.3, 0.4) is 0 Å². The molecule has 0 aliphatic rings. The lowest BCUT2D eigenvalue weighted by Gasteiger charge is -2.23. The Hall–Kier alpha value is -3.67. The molecule has 6 heteroatoms. The highest BCUT2D eigenvalue weighted by Gasteiger charge is 2.20. The van der Waals surface area contributed by atoms with Crippen LogP contribution in [-0.4, -0.2) is 29.1 Å². The minimum atomic E-state index is -0.591. The van der Waals surface area contributed by atoms with E-state index < -0.39 is 17.7 Å². The predicted octanol–water partition coefficient (Wildman–Crippen LogP) is 4.74. The SMILES string of the molecule is CC(C)(C)OC(=O)NCC(NC(=O)c1ccc(-c2ccncc2)cc1)c1ccccc1. The summed E-state index contributed by atoms with van der Waals surface area (Å²) in [5, 5.41) is 5.75. The lowest BCUT2D eigenvalue weighted by molar-refractivity contribution is 0.0520. The molecule has 0 saturated heterocycles. The maximum Gasteiger partial charge on any atom is 0.407 e. The molecule has 3 aromatic rings. The number of benzene rings is 2. The first-order valence-corrected chi connectivity index (χ1v) is 10.1. The van der Waals surface area contributed by atoms with Gasteiger partial charge in [-0.3, -0.25) is 9.78 Å². The molecule has 0 aliphatic carbocycles. The van der Waals surface area contributed by atoms with E-state index in [1.54, 1.807) is 45.3 Å². The molecule has 1 aromatic heterocycles. The van der Waals surface area contributed by atoms with Crippen LogP contribution in [0.1, 0.15) is 42.7 Å². The van der Waals surface area contributed by atoms with E-state index in [4.69, 9.17) is 4.74 Å². The Labute approximate surface area is 182 Å². The molecular weight excluding hydrogens is 390 g/mol. The predicted molar refractivity (Wildman–Crippen MR) is 121 cm³/mol. The molecule has 1 atom stereocenters. The quantitative estimate of drug-likeness (QED) is 0.607. The van der Waals surface area contributed by atoms with Gasteiger partial charge in [0.1, 0.15) is 5.60 Å². The summed E-state index contributed by atoms with van der Waals surface area (Å²) in [5.74, 6) is -0.221. The lowest BCUT2D eigenvalue weighted by Crippen LogP contribution is -2.40. The second-order valence-corrected chi connectivity index (χ2v) is 8.13. The van der Waals surface area contributed by atoms with Gasteiger partial charge in [0.2, 0.25) is 0 Å². The number of hydrogen-bond donors (Lipinski definition) is 2. The number of rotatable bonds is 6. The van der Waals surface area contributed by atoms with Crippen molar-refractivity contribution in [2.45, 2.75) is 32.4 Å². The van der Waals surface area contributed by atoms with Crippen molar-refractivity contribution in [2.75, 3.05) is 6.54 Å². The zero-order valence-corrected chi connectivity index (χ0v) is 18.0. The maximum absolute atomic E-state index is 12.9. The first-order valence-electron chi connectivity index (χ1n) is 10.1. The van der Waals surface area contributed by atoms with Gasteiger partial charge in [-0.05, 0) is 61.7 Å². The smallest absolute Gasteiger partial charge is 0.407 e. The van der Waals surface area contributed by atoms with E-state index in [2.05, 4.69) is 15.6 Å². The van der Waals surface area contributed by atoms with Gasteiger partial charge in [-0.1, -0.05) is 42.5 Å². The molecule has 160 valence electrons. The van der Waals surface area contributed by atoms with Crippen LogP contribution in [0.2, 0.25) is 0 Å². The normalized spacial score (nSPS) is 12.0. The van der Waals surface area contributed by atoms with Crippen molar-refractivity contribution < 1.29 is 14.3 Å². The average molecular weight is 418 g/mol. The van der Waals surface area contributed by atoms with E-state index in [0.717, 1.165) is 16.7 Å². The molecule has 2 amide bonds. The Bertz CT molecular complexity index is 998. The first-order chi connectivity index (χ1) is 14.8. The van der Waals surface area contributed by atoms with Crippen LogP contribution in [0.25, 0.3) is 11.1 Å². The van der Waals surface area contributed by atoms with Crippen molar-refractivity contribution >= 4 is 12.0 Å². The molecule has 6 nitrogen and oxygen atoms in total. The van der Waals surface area contributed by atoms with Crippen LogP contribution in [0.4, 0.5) is 4.79 Å². The zero-order chi connectivity index (χ0) is 22.3. The Morgan fingerprint density at radius 1 is 0.903 bits per heavy atom. The summed E-state index contributed by atoms with van der Waals surface area (Å²) < 4.78 is 5.30. The molecule has 0 bridgehead atoms. The number of alkyl carbamates (subject to hydrolysis) is 1. The number of aromatic nitrogens is 1. The number of nitrogens with zero attached hydrogens (tertiary/aromatic N) is 1. The van der Waals surface area contributed by atoms with Crippen molar-refractivity contribution in [2.24, 2.45) is 0 Å². The van der Waals surface area contributed by atoms with Crippen LogP contribution in [-0.2, 0) is 4.74 Å². The molecule has 2 N–H and O–H groups in total. The van der Waals surface area contributed by atoms with Crippen molar-refractivity contribution in [1.82, 2.24) is 15.6 Å². The van der Waals surface area contributed by atoms with E-state index in [0.29, 0.717) is 5.56 Å². The second kappa shape index (κ2) is 9.89. The first kappa shape index (κ1) is 22.0. The van der Waals surface area contributed by atoms with Gasteiger partial charge in [0, 0.05) is 24.5 Å². The third-order valence-corrected chi connectivity index (χ3v) is 4.52. The third kappa shape index (κ3) is 6.67.